The molecule has 1 aliphatic heterocycles. The molecule has 8 heteroatoms. The van der Waals surface area contributed by atoms with E-state index in [1.807, 2.05) is 45.0 Å². The number of benzene rings is 2. The van der Waals surface area contributed by atoms with E-state index in [1.165, 1.54) is 5.56 Å². The average Bonchev–Trinajstić information content (AvgIpc) is 2.85. The SMILES string of the molecule is CCCN1C(=O)NC(c2ccc(NC(=O)Nc3ccc(C(C)C)cc3)cc2)C(C(=O)OCC(C)C)=C1C. The summed E-state index contributed by atoms with van der Waals surface area (Å²) in [7, 11) is 0. The topological polar surface area (TPSA) is 99.8 Å². The fourth-order valence-corrected chi connectivity index (χ4v) is 4.11. The van der Waals surface area contributed by atoms with Crippen LogP contribution >= 0.6 is 0 Å². The molecule has 1 aliphatic rings. The summed E-state index contributed by atoms with van der Waals surface area (Å²) in [5.74, 6) is 0.168. The standard InChI is InChI=1S/C29H38N4O4/c1-7-16-33-20(6)25(27(34)37-17-18(2)3)26(32-29(33)36)22-10-14-24(15-11-22)31-28(35)30-23-12-8-21(9-13-23)19(4)5/h8-15,18-19,26H,7,16-17H2,1-6H3,(H,32,36)(H2,30,31,35). The van der Waals surface area contributed by atoms with E-state index in [4.69, 9.17) is 4.74 Å². The number of hydrogen-bond acceptors (Lipinski definition) is 4. The van der Waals surface area contributed by atoms with E-state index in [1.54, 1.807) is 36.1 Å². The molecule has 0 saturated carbocycles. The second-order valence-corrected chi connectivity index (χ2v) is 10.0. The molecule has 1 atom stereocenters. The van der Waals surface area contributed by atoms with Crippen LogP contribution in [0.25, 0.3) is 0 Å². The van der Waals surface area contributed by atoms with Crippen LogP contribution in [0.1, 0.15) is 71.0 Å². The number of allylic oxidation sites excluding steroid dienone is 1. The Morgan fingerprint density at radius 1 is 0.973 bits per heavy atom. The first-order chi connectivity index (χ1) is 17.6. The molecule has 0 radical (unpaired) electrons. The number of carbonyl (C=O) groups excluding carboxylic acids is 3. The lowest BCUT2D eigenvalue weighted by Gasteiger charge is -2.35. The van der Waals surface area contributed by atoms with Crippen molar-refractivity contribution in [1.29, 1.82) is 0 Å². The van der Waals surface area contributed by atoms with Gasteiger partial charge in [0.2, 0.25) is 0 Å². The number of amides is 4. The minimum atomic E-state index is -0.650. The largest absolute Gasteiger partial charge is 0.462 e. The van der Waals surface area contributed by atoms with E-state index in [0.29, 0.717) is 41.7 Å². The van der Waals surface area contributed by atoms with E-state index in [0.717, 1.165) is 12.0 Å². The highest BCUT2D eigenvalue weighted by atomic mass is 16.5. The fourth-order valence-electron chi connectivity index (χ4n) is 4.11. The molecule has 0 fully saturated rings. The quantitative estimate of drug-likeness (QED) is 0.343. The number of urea groups is 2. The Morgan fingerprint density at radius 2 is 1.54 bits per heavy atom. The Kier molecular flexibility index (Phi) is 9.33. The summed E-state index contributed by atoms with van der Waals surface area (Å²) < 4.78 is 5.54. The van der Waals surface area contributed by atoms with Crippen LogP contribution in [0.15, 0.2) is 59.8 Å². The van der Waals surface area contributed by atoms with Crippen molar-refractivity contribution in [3.63, 3.8) is 0 Å². The monoisotopic (exact) mass is 506 g/mol. The molecule has 0 bridgehead atoms. The van der Waals surface area contributed by atoms with Crippen LogP contribution in [0.5, 0.6) is 0 Å². The van der Waals surface area contributed by atoms with Gasteiger partial charge in [-0.15, -0.1) is 0 Å². The zero-order chi connectivity index (χ0) is 27.1. The van der Waals surface area contributed by atoms with Gasteiger partial charge in [-0.25, -0.2) is 14.4 Å². The molecule has 0 saturated heterocycles. The highest BCUT2D eigenvalue weighted by Crippen LogP contribution is 2.32. The van der Waals surface area contributed by atoms with Crippen LogP contribution in [-0.2, 0) is 9.53 Å². The summed E-state index contributed by atoms with van der Waals surface area (Å²) in [4.78, 5) is 40.0. The van der Waals surface area contributed by atoms with Crippen LogP contribution in [0.3, 0.4) is 0 Å². The number of hydrogen-bond donors (Lipinski definition) is 3. The maximum atomic E-state index is 13.1. The van der Waals surface area contributed by atoms with Gasteiger partial charge in [-0.05, 0) is 60.6 Å². The molecular weight excluding hydrogens is 468 g/mol. The van der Waals surface area contributed by atoms with Gasteiger partial charge in [0.1, 0.15) is 0 Å². The van der Waals surface area contributed by atoms with Crippen molar-refractivity contribution >= 4 is 29.4 Å². The van der Waals surface area contributed by atoms with Gasteiger partial charge in [-0.1, -0.05) is 58.9 Å². The lowest BCUT2D eigenvalue weighted by atomic mass is 9.94. The van der Waals surface area contributed by atoms with Gasteiger partial charge in [-0.2, -0.15) is 0 Å². The van der Waals surface area contributed by atoms with Gasteiger partial charge in [0.25, 0.3) is 0 Å². The minimum absolute atomic E-state index is 0.192. The van der Waals surface area contributed by atoms with Gasteiger partial charge in [0, 0.05) is 23.6 Å². The van der Waals surface area contributed by atoms with Crippen LogP contribution in [-0.4, -0.2) is 36.1 Å². The minimum Gasteiger partial charge on any atom is -0.462 e. The van der Waals surface area contributed by atoms with Gasteiger partial charge in [-0.3, -0.25) is 4.90 Å². The van der Waals surface area contributed by atoms with Gasteiger partial charge < -0.3 is 20.7 Å². The van der Waals surface area contributed by atoms with E-state index < -0.39 is 12.0 Å². The highest BCUT2D eigenvalue weighted by Gasteiger charge is 2.36. The number of anilines is 2. The lowest BCUT2D eigenvalue weighted by molar-refractivity contribution is -0.140. The third kappa shape index (κ3) is 7.12. The Bertz CT molecular complexity index is 1140. The number of esters is 1. The molecule has 2 aromatic rings. The molecule has 4 amide bonds. The van der Waals surface area contributed by atoms with Crippen molar-refractivity contribution in [3.8, 4) is 0 Å². The molecule has 1 unspecified atom stereocenters. The Balaban J connectivity index is 1.76. The normalized spacial score (nSPS) is 15.6. The smallest absolute Gasteiger partial charge is 0.338 e. The zero-order valence-electron chi connectivity index (χ0n) is 22.6. The van der Waals surface area contributed by atoms with E-state index in [9.17, 15) is 14.4 Å². The summed E-state index contributed by atoms with van der Waals surface area (Å²) >= 11 is 0. The second-order valence-electron chi connectivity index (χ2n) is 10.0. The van der Waals surface area contributed by atoms with Crippen molar-refractivity contribution in [2.24, 2.45) is 5.92 Å². The van der Waals surface area contributed by atoms with E-state index >= 15 is 0 Å². The zero-order valence-corrected chi connectivity index (χ0v) is 22.6. The maximum absolute atomic E-state index is 13.1. The Labute approximate surface area is 219 Å². The number of nitrogens with one attached hydrogen (secondary N) is 3. The molecule has 37 heavy (non-hydrogen) atoms. The van der Waals surface area contributed by atoms with Crippen LogP contribution in [0, 0.1) is 5.92 Å². The van der Waals surface area contributed by atoms with E-state index in [-0.39, 0.29) is 18.0 Å². The van der Waals surface area contributed by atoms with Gasteiger partial charge in [0.05, 0.1) is 18.2 Å². The second kappa shape index (κ2) is 12.4. The third-order valence-electron chi connectivity index (χ3n) is 6.15. The summed E-state index contributed by atoms with van der Waals surface area (Å²) in [5, 5.41) is 8.59. The molecule has 8 nitrogen and oxygen atoms in total. The fraction of sp³-hybridized carbons (Fsp3) is 0.414. The molecule has 3 N–H and O–H groups in total. The number of rotatable bonds is 9. The summed E-state index contributed by atoms with van der Waals surface area (Å²) in [6.07, 6.45) is 0.758. The molecule has 0 aromatic heterocycles. The molecular formula is C29H38N4O4. The molecule has 0 aliphatic carbocycles. The van der Waals surface area contributed by atoms with Crippen LogP contribution in [0.4, 0.5) is 21.0 Å². The van der Waals surface area contributed by atoms with E-state index in [2.05, 4.69) is 29.8 Å². The molecule has 1 heterocycles. The maximum Gasteiger partial charge on any atom is 0.338 e. The predicted molar refractivity (Wildman–Crippen MR) is 146 cm³/mol. The van der Waals surface area contributed by atoms with Crippen LogP contribution < -0.4 is 16.0 Å². The Morgan fingerprint density at radius 3 is 2.05 bits per heavy atom. The van der Waals surface area contributed by atoms with Crippen molar-refractivity contribution < 1.29 is 19.1 Å². The summed E-state index contributed by atoms with van der Waals surface area (Å²) in [5.41, 5.74) is 4.21. The first-order valence-corrected chi connectivity index (χ1v) is 12.8. The molecule has 3 rings (SSSR count). The summed E-state index contributed by atoms with van der Waals surface area (Å²) in [6, 6.07) is 13.5. The molecule has 2 aromatic carbocycles. The predicted octanol–water partition coefficient (Wildman–Crippen LogP) is 6.40. The first-order valence-electron chi connectivity index (χ1n) is 12.8. The first kappa shape index (κ1) is 27.8. The van der Waals surface area contributed by atoms with Gasteiger partial charge in [0.15, 0.2) is 0 Å². The number of carbonyl (C=O) groups is 3. The van der Waals surface area contributed by atoms with Crippen molar-refractivity contribution in [2.75, 3.05) is 23.8 Å². The van der Waals surface area contributed by atoms with Crippen molar-refractivity contribution in [3.05, 3.63) is 70.9 Å². The summed E-state index contributed by atoms with van der Waals surface area (Å²) in [6.45, 7) is 12.7. The lowest BCUT2D eigenvalue weighted by Crippen LogP contribution is -2.48. The third-order valence-corrected chi connectivity index (χ3v) is 6.15. The average molecular weight is 507 g/mol. The Hall–Kier alpha value is -3.81. The number of nitrogens with zero attached hydrogens (tertiary/aromatic N) is 1. The van der Waals surface area contributed by atoms with Crippen LogP contribution in [0.2, 0.25) is 0 Å². The highest BCUT2D eigenvalue weighted by molar-refractivity contribution is 6.00. The molecule has 0 spiro atoms. The van der Waals surface area contributed by atoms with Crippen molar-refractivity contribution in [1.82, 2.24) is 10.2 Å². The number of ether oxygens (including phenoxy) is 1. The van der Waals surface area contributed by atoms with Crippen molar-refractivity contribution in [2.45, 2.75) is 59.9 Å². The van der Waals surface area contributed by atoms with Gasteiger partial charge >= 0.3 is 18.0 Å². The molecule has 198 valence electrons.